The summed E-state index contributed by atoms with van der Waals surface area (Å²) in [5.74, 6) is -0.332. The second-order valence-corrected chi connectivity index (χ2v) is 7.44. The van der Waals surface area contributed by atoms with E-state index < -0.39 is 10.0 Å². The van der Waals surface area contributed by atoms with E-state index in [1.54, 1.807) is 0 Å². The zero-order chi connectivity index (χ0) is 15.0. The topological polar surface area (TPSA) is 89.3 Å². The predicted octanol–water partition coefficient (Wildman–Crippen LogP) is 2.05. The maximum atomic E-state index is 12.2. The van der Waals surface area contributed by atoms with Gasteiger partial charge in [-0.25, -0.2) is 13.6 Å². The summed E-state index contributed by atoms with van der Waals surface area (Å²) >= 11 is 5.85. The molecule has 0 bridgehead atoms. The highest BCUT2D eigenvalue weighted by Gasteiger charge is 2.30. The molecular formula is C13H17ClN2O3S. The summed E-state index contributed by atoms with van der Waals surface area (Å²) in [5, 5.41) is 8.18. The first kappa shape index (κ1) is 15.3. The van der Waals surface area contributed by atoms with E-state index in [9.17, 15) is 13.2 Å². The van der Waals surface area contributed by atoms with E-state index in [1.165, 1.54) is 18.2 Å². The Balaban J connectivity index is 2.28. The molecular weight excluding hydrogens is 300 g/mol. The first-order valence-electron chi connectivity index (χ1n) is 6.36. The Morgan fingerprint density at radius 2 is 1.90 bits per heavy atom. The van der Waals surface area contributed by atoms with Crippen molar-refractivity contribution in [2.24, 2.45) is 5.14 Å². The van der Waals surface area contributed by atoms with E-state index in [0.29, 0.717) is 0 Å². The van der Waals surface area contributed by atoms with Gasteiger partial charge in [0.2, 0.25) is 10.0 Å². The fraction of sp³-hybridized carbons (Fsp3) is 0.462. The zero-order valence-corrected chi connectivity index (χ0v) is 12.7. The molecule has 0 atom stereocenters. The van der Waals surface area contributed by atoms with Crippen LogP contribution in [0.2, 0.25) is 5.02 Å². The van der Waals surface area contributed by atoms with Gasteiger partial charge in [-0.15, -0.1) is 0 Å². The Morgan fingerprint density at radius 3 is 2.45 bits per heavy atom. The van der Waals surface area contributed by atoms with Crippen molar-refractivity contribution in [3.63, 3.8) is 0 Å². The van der Waals surface area contributed by atoms with Gasteiger partial charge in [0.25, 0.3) is 5.91 Å². The second kappa shape index (κ2) is 5.35. The summed E-state index contributed by atoms with van der Waals surface area (Å²) in [6.45, 7) is 1.99. The number of hydrogen-bond donors (Lipinski definition) is 2. The fourth-order valence-electron chi connectivity index (χ4n) is 2.48. The molecule has 3 N–H and O–H groups in total. The minimum Gasteiger partial charge on any atom is -0.347 e. The molecule has 1 aliphatic rings. The number of nitrogens with one attached hydrogen (secondary N) is 1. The molecule has 0 heterocycles. The van der Waals surface area contributed by atoms with Crippen LogP contribution < -0.4 is 10.5 Å². The van der Waals surface area contributed by atoms with Gasteiger partial charge in [0.1, 0.15) is 0 Å². The van der Waals surface area contributed by atoms with Crippen molar-refractivity contribution < 1.29 is 13.2 Å². The van der Waals surface area contributed by atoms with Crippen molar-refractivity contribution >= 4 is 27.5 Å². The van der Waals surface area contributed by atoms with Crippen LogP contribution in [0.25, 0.3) is 0 Å². The van der Waals surface area contributed by atoms with Gasteiger partial charge in [0.15, 0.2) is 0 Å². The van der Waals surface area contributed by atoms with Crippen LogP contribution in [0.1, 0.15) is 43.0 Å². The van der Waals surface area contributed by atoms with E-state index in [2.05, 4.69) is 5.32 Å². The average Bonchev–Trinajstić information content (AvgIpc) is 2.73. The van der Waals surface area contributed by atoms with E-state index in [0.717, 1.165) is 25.7 Å². The Hall–Kier alpha value is -1.11. The smallest absolute Gasteiger partial charge is 0.251 e. The molecule has 1 fully saturated rings. The summed E-state index contributed by atoms with van der Waals surface area (Å²) < 4.78 is 22.7. The maximum Gasteiger partial charge on any atom is 0.251 e. The molecule has 7 heteroatoms. The molecule has 1 amide bonds. The molecule has 1 saturated carbocycles. The number of benzene rings is 1. The van der Waals surface area contributed by atoms with Gasteiger partial charge >= 0.3 is 0 Å². The van der Waals surface area contributed by atoms with Crippen LogP contribution in [0.3, 0.4) is 0 Å². The lowest BCUT2D eigenvalue weighted by Crippen LogP contribution is -2.43. The summed E-state index contributed by atoms with van der Waals surface area (Å²) in [4.78, 5) is 12.1. The van der Waals surface area contributed by atoms with E-state index >= 15 is 0 Å². The van der Waals surface area contributed by atoms with Crippen LogP contribution in [-0.4, -0.2) is 19.9 Å². The number of hydrogen-bond acceptors (Lipinski definition) is 3. The van der Waals surface area contributed by atoms with E-state index in [-0.39, 0.29) is 26.9 Å². The number of primary sulfonamides is 1. The normalized spacial score (nSPS) is 17.9. The molecule has 0 unspecified atom stereocenters. The van der Waals surface area contributed by atoms with Gasteiger partial charge in [-0.2, -0.15) is 0 Å². The Bertz CT molecular complexity index is 637. The van der Waals surface area contributed by atoms with E-state index in [1.807, 2.05) is 6.92 Å². The summed E-state index contributed by atoms with van der Waals surface area (Å²) in [7, 11) is -3.89. The van der Waals surface area contributed by atoms with Gasteiger partial charge in [0, 0.05) is 16.1 Å². The molecule has 0 aromatic heterocycles. The third-order valence-electron chi connectivity index (χ3n) is 3.58. The summed E-state index contributed by atoms with van der Waals surface area (Å²) in [6.07, 6.45) is 3.99. The lowest BCUT2D eigenvalue weighted by molar-refractivity contribution is 0.0908. The van der Waals surface area contributed by atoms with Crippen LogP contribution in [0, 0.1) is 0 Å². The molecule has 110 valence electrons. The number of sulfonamides is 1. The van der Waals surface area contributed by atoms with E-state index in [4.69, 9.17) is 16.7 Å². The molecule has 0 saturated heterocycles. The number of nitrogens with two attached hydrogens (primary N) is 1. The molecule has 20 heavy (non-hydrogen) atoms. The standard InChI is InChI=1S/C13H17ClN2O3S/c1-13(4-2-3-5-13)16-12(17)9-6-10(14)8-11(7-9)20(15,18)19/h6-8H,2-5H2,1H3,(H,16,17)(H2,15,18,19). The SMILES string of the molecule is CC1(NC(=O)c2cc(Cl)cc(S(N)(=O)=O)c2)CCCC1. The molecule has 2 rings (SSSR count). The molecule has 1 aliphatic carbocycles. The van der Waals surface area contributed by atoms with Gasteiger partial charge in [-0.1, -0.05) is 24.4 Å². The second-order valence-electron chi connectivity index (χ2n) is 5.44. The first-order valence-corrected chi connectivity index (χ1v) is 8.28. The Labute approximate surface area is 123 Å². The molecule has 1 aromatic rings. The van der Waals surface area contributed by atoms with Crippen molar-refractivity contribution in [3.05, 3.63) is 28.8 Å². The Morgan fingerprint density at radius 1 is 1.30 bits per heavy atom. The molecule has 0 radical (unpaired) electrons. The summed E-state index contributed by atoms with van der Waals surface area (Å²) in [5.41, 5.74) is -0.0316. The lowest BCUT2D eigenvalue weighted by atomic mass is 10.00. The molecule has 0 spiro atoms. The van der Waals surface area contributed by atoms with Crippen LogP contribution in [0.4, 0.5) is 0 Å². The number of carbonyl (C=O) groups excluding carboxylic acids is 1. The largest absolute Gasteiger partial charge is 0.347 e. The predicted molar refractivity (Wildman–Crippen MR) is 77.2 cm³/mol. The minimum atomic E-state index is -3.89. The minimum absolute atomic E-state index is 0.160. The highest BCUT2D eigenvalue weighted by atomic mass is 35.5. The van der Waals surface area contributed by atoms with Crippen LogP contribution in [-0.2, 0) is 10.0 Å². The highest BCUT2D eigenvalue weighted by Crippen LogP contribution is 2.29. The first-order chi connectivity index (χ1) is 9.20. The zero-order valence-electron chi connectivity index (χ0n) is 11.1. The van der Waals surface area contributed by atoms with Gasteiger partial charge < -0.3 is 5.32 Å². The third kappa shape index (κ3) is 3.50. The molecule has 1 aromatic carbocycles. The van der Waals surface area contributed by atoms with Crippen molar-refractivity contribution in [2.75, 3.05) is 0 Å². The number of amides is 1. The third-order valence-corrected chi connectivity index (χ3v) is 4.70. The quantitative estimate of drug-likeness (QED) is 0.894. The van der Waals surface area contributed by atoms with Crippen molar-refractivity contribution in [2.45, 2.75) is 43.0 Å². The van der Waals surface area contributed by atoms with Crippen LogP contribution in [0.15, 0.2) is 23.1 Å². The molecule has 0 aliphatic heterocycles. The highest BCUT2D eigenvalue weighted by molar-refractivity contribution is 7.89. The van der Waals surface area contributed by atoms with Crippen LogP contribution in [0.5, 0.6) is 0 Å². The Kier molecular flexibility index (Phi) is 4.09. The fourth-order valence-corrected chi connectivity index (χ4v) is 3.37. The number of carbonyl (C=O) groups is 1. The van der Waals surface area contributed by atoms with Crippen LogP contribution >= 0.6 is 11.6 Å². The monoisotopic (exact) mass is 316 g/mol. The lowest BCUT2D eigenvalue weighted by Gasteiger charge is -2.25. The van der Waals surface area contributed by atoms with Gasteiger partial charge in [0.05, 0.1) is 4.90 Å². The number of rotatable bonds is 3. The number of halogens is 1. The van der Waals surface area contributed by atoms with Gasteiger partial charge in [-0.05, 0) is 38.0 Å². The van der Waals surface area contributed by atoms with Crippen molar-refractivity contribution in [1.29, 1.82) is 0 Å². The molecule has 5 nitrogen and oxygen atoms in total. The van der Waals surface area contributed by atoms with Crippen molar-refractivity contribution in [1.82, 2.24) is 5.32 Å². The van der Waals surface area contributed by atoms with Gasteiger partial charge in [-0.3, -0.25) is 4.79 Å². The maximum absolute atomic E-state index is 12.2. The average molecular weight is 317 g/mol. The summed E-state index contributed by atoms with van der Waals surface area (Å²) in [6, 6.07) is 3.91. The van der Waals surface area contributed by atoms with Crippen molar-refractivity contribution in [3.8, 4) is 0 Å².